The first-order chi connectivity index (χ1) is 16.1. The molecule has 4 unspecified atom stereocenters. The van der Waals surface area contributed by atoms with Crippen LogP contribution in [0.1, 0.15) is 77.3 Å². The van der Waals surface area contributed by atoms with Gasteiger partial charge in [-0.1, -0.05) is 98.8 Å². The van der Waals surface area contributed by atoms with E-state index in [1.165, 1.54) is 5.56 Å². The van der Waals surface area contributed by atoms with Crippen molar-refractivity contribution in [2.75, 3.05) is 0 Å². The summed E-state index contributed by atoms with van der Waals surface area (Å²) in [6.45, 7) is 4.26. The van der Waals surface area contributed by atoms with E-state index >= 15 is 0 Å². The second-order valence-electron chi connectivity index (χ2n) is 8.80. The second kappa shape index (κ2) is 10.5. The van der Waals surface area contributed by atoms with E-state index in [1.807, 2.05) is 54.6 Å². The summed E-state index contributed by atoms with van der Waals surface area (Å²) in [7, 11) is 0. The number of fused-ring (bicyclic) bond motifs is 1. The van der Waals surface area contributed by atoms with E-state index in [0.29, 0.717) is 6.42 Å². The topological polar surface area (TPSA) is 46.2 Å². The molecule has 1 aliphatic carbocycles. The summed E-state index contributed by atoms with van der Waals surface area (Å²) >= 11 is 0. The number of nitrogens with one attached hydrogen (secondary N) is 1. The molecule has 1 N–H and O–H groups in total. The zero-order valence-corrected chi connectivity index (χ0v) is 19.3. The van der Waals surface area contributed by atoms with Crippen LogP contribution in [0.3, 0.4) is 0 Å². The molecule has 0 saturated heterocycles. The molecule has 168 valence electrons. The molecular formula is C30H31NO2. The quantitative estimate of drug-likeness (QED) is 0.315. The van der Waals surface area contributed by atoms with Crippen LogP contribution in [-0.4, -0.2) is 12.1 Å². The van der Waals surface area contributed by atoms with Gasteiger partial charge in [-0.25, -0.2) is 0 Å². The van der Waals surface area contributed by atoms with Crippen LogP contribution in [0, 0.1) is 5.92 Å². The van der Waals surface area contributed by atoms with Gasteiger partial charge in [-0.05, 0) is 47.1 Å². The van der Waals surface area contributed by atoms with Gasteiger partial charge in [0.1, 0.15) is 6.29 Å². The van der Waals surface area contributed by atoms with E-state index in [9.17, 15) is 9.59 Å². The van der Waals surface area contributed by atoms with Gasteiger partial charge in [-0.2, -0.15) is 0 Å². The number of carbonyl (C=O) groups excluding carboxylic acids is 2. The van der Waals surface area contributed by atoms with Gasteiger partial charge in [0.2, 0.25) is 0 Å². The van der Waals surface area contributed by atoms with Crippen LogP contribution in [0.25, 0.3) is 6.08 Å². The van der Waals surface area contributed by atoms with Crippen LogP contribution in [0.15, 0.2) is 84.9 Å². The third-order valence-electron chi connectivity index (χ3n) is 6.77. The Kier molecular flexibility index (Phi) is 7.31. The van der Waals surface area contributed by atoms with Crippen LogP contribution >= 0.6 is 0 Å². The number of allylic oxidation sites excluding steroid dienone is 1. The van der Waals surface area contributed by atoms with Crippen molar-refractivity contribution in [2.24, 2.45) is 5.92 Å². The van der Waals surface area contributed by atoms with Crippen LogP contribution in [0.4, 0.5) is 0 Å². The lowest BCUT2D eigenvalue weighted by molar-refractivity contribution is -0.109. The highest BCUT2D eigenvalue weighted by molar-refractivity contribution is 5.98. The second-order valence-corrected chi connectivity index (χ2v) is 8.80. The highest BCUT2D eigenvalue weighted by atomic mass is 16.1. The molecule has 3 nitrogen and oxygen atoms in total. The van der Waals surface area contributed by atoms with E-state index in [2.05, 4.69) is 55.6 Å². The van der Waals surface area contributed by atoms with Gasteiger partial charge in [0.25, 0.3) is 0 Å². The van der Waals surface area contributed by atoms with E-state index < -0.39 is 6.04 Å². The van der Waals surface area contributed by atoms with Crippen molar-refractivity contribution in [2.45, 2.75) is 44.7 Å². The lowest BCUT2D eigenvalue weighted by atomic mass is 9.80. The lowest BCUT2D eigenvalue weighted by Crippen LogP contribution is -2.27. The largest absolute Gasteiger partial charge is 0.301 e. The Balaban J connectivity index is 1.58. The number of ketones is 1. The minimum absolute atomic E-state index is 0.0899. The fourth-order valence-corrected chi connectivity index (χ4v) is 4.82. The average molecular weight is 438 g/mol. The molecule has 0 bridgehead atoms. The summed E-state index contributed by atoms with van der Waals surface area (Å²) in [5.74, 6) is 0.177. The van der Waals surface area contributed by atoms with Crippen molar-refractivity contribution in [3.63, 3.8) is 0 Å². The Bertz CT molecular complexity index is 1120. The SMILES string of the molecule is CCC(NC(C=O)c1ccc2c(c1)C=CCC(C(=O)c1ccccc1)C2C)c1ccccc1. The van der Waals surface area contributed by atoms with Gasteiger partial charge in [-0.15, -0.1) is 0 Å². The standard InChI is InChI=1S/C30H31NO2/c1-3-28(22-11-6-4-7-12-22)31-29(20-32)25-17-18-26-21(2)27(16-10-15-24(26)19-25)30(33)23-13-8-5-9-14-23/h4-15,17-21,27-29,31H,3,16H2,1-2H3. The molecule has 0 saturated carbocycles. The third kappa shape index (κ3) is 5.04. The van der Waals surface area contributed by atoms with Gasteiger partial charge >= 0.3 is 0 Å². The molecule has 0 fully saturated rings. The molecule has 1 aliphatic rings. The molecule has 0 heterocycles. The first-order valence-electron chi connectivity index (χ1n) is 11.8. The van der Waals surface area contributed by atoms with Crippen molar-refractivity contribution in [1.29, 1.82) is 0 Å². The van der Waals surface area contributed by atoms with Crippen molar-refractivity contribution < 1.29 is 9.59 Å². The van der Waals surface area contributed by atoms with E-state index in [1.54, 1.807) is 0 Å². The highest BCUT2D eigenvalue weighted by Crippen LogP contribution is 2.36. The molecule has 4 atom stereocenters. The summed E-state index contributed by atoms with van der Waals surface area (Å²) in [4.78, 5) is 25.3. The van der Waals surface area contributed by atoms with Crippen molar-refractivity contribution in [3.05, 3.63) is 113 Å². The molecule has 3 heteroatoms. The molecular weight excluding hydrogens is 406 g/mol. The van der Waals surface area contributed by atoms with E-state index in [4.69, 9.17) is 0 Å². The normalized spacial score (nSPS) is 19.2. The maximum atomic E-state index is 13.2. The van der Waals surface area contributed by atoms with Crippen LogP contribution in [0.5, 0.6) is 0 Å². The van der Waals surface area contributed by atoms with E-state index in [0.717, 1.165) is 35.0 Å². The first kappa shape index (κ1) is 22.9. The fourth-order valence-electron chi connectivity index (χ4n) is 4.82. The van der Waals surface area contributed by atoms with Crippen LogP contribution in [0.2, 0.25) is 0 Å². The molecule has 4 rings (SSSR count). The molecule has 0 aliphatic heterocycles. The van der Waals surface area contributed by atoms with Gasteiger partial charge in [-0.3, -0.25) is 10.1 Å². The number of hydrogen-bond donors (Lipinski definition) is 1. The lowest BCUT2D eigenvalue weighted by Gasteiger charge is -2.25. The zero-order chi connectivity index (χ0) is 23.2. The van der Waals surface area contributed by atoms with Gasteiger partial charge in [0.15, 0.2) is 5.78 Å². The minimum atomic E-state index is -0.394. The minimum Gasteiger partial charge on any atom is -0.301 e. The Morgan fingerprint density at radius 3 is 2.36 bits per heavy atom. The van der Waals surface area contributed by atoms with E-state index in [-0.39, 0.29) is 23.7 Å². The number of benzene rings is 3. The van der Waals surface area contributed by atoms with Crippen LogP contribution in [-0.2, 0) is 4.79 Å². The van der Waals surface area contributed by atoms with Crippen molar-refractivity contribution >= 4 is 18.1 Å². The Morgan fingerprint density at radius 2 is 1.70 bits per heavy atom. The summed E-state index contributed by atoms with van der Waals surface area (Å²) in [5, 5.41) is 3.52. The molecule has 3 aromatic rings. The van der Waals surface area contributed by atoms with Gasteiger partial charge in [0, 0.05) is 17.5 Å². The average Bonchev–Trinajstić information content (AvgIpc) is 3.03. The van der Waals surface area contributed by atoms with Gasteiger partial charge < -0.3 is 4.79 Å². The monoisotopic (exact) mass is 437 g/mol. The molecule has 0 radical (unpaired) electrons. The Labute approximate surface area is 196 Å². The molecule has 0 amide bonds. The van der Waals surface area contributed by atoms with Crippen molar-refractivity contribution in [1.82, 2.24) is 5.32 Å². The van der Waals surface area contributed by atoms with Crippen LogP contribution < -0.4 is 5.32 Å². The molecule has 3 aromatic carbocycles. The summed E-state index contributed by atoms with van der Waals surface area (Å²) < 4.78 is 0. The third-order valence-corrected chi connectivity index (χ3v) is 6.77. The number of rotatable bonds is 8. The number of hydrogen-bond acceptors (Lipinski definition) is 3. The van der Waals surface area contributed by atoms with Crippen molar-refractivity contribution in [3.8, 4) is 0 Å². The number of carbonyl (C=O) groups is 2. The Morgan fingerprint density at radius 1 is 1.00 bits per heavy atom. The summed E-state index contributed by atoms with van der Waals surface area (Å²) in [5.41, 5.74) is 5.13. The predicted octanol–water partition coefficient (Wildman–Crippen LogP) is 6.69. The van der Waals surface area contributed by atoms with Gasteiger partial charge in [0.05, 0.1) is 6.04 Å². The smallest absolute Gasteiger partial charge is 0.166 e. The zero-order valence-electron chi connectivity index (χ0n) is 19.3. The highest BCUT2D eigenvalue weighted by Gasteiger charge is 2.29. The summed E-state index contributed by atoms with van der Waals surface area (Å²) in [6.07, 6.45) is 6.78. The molecule has 33 heavy (non-hydrogen) atoms. The summed E-state index contributed by atoms with van der Waals surface area (Å²) in [6, 6.07) is 25.7. The Hall–Kier alpha value is -3.30. The maximum Gasteiger partial charge on any atom is 0.166 e. The molecule has 0 aromatic heterocycles. The maximum absolute atomic E-state index is 13.2. The number of aldehydes is 1. The first-order valence-corrected chi connectivity index (χ1v) is 11.8. The number of Topliss-reactive ketones (excluding diaryl/α,β-unsaturated/α-hetero) is 1. The molecule has 0 spiro atoms. The fraction of sp³-hybridized carbons (Fsp3) is 0.267. The predicted molar refractivity (Wildman–Crippen MR) is 134 cm³/mol.